The average Bonchev–Trinajstić information content (AvgIpc) is 3.21. The number of aromatic nitrogens is 2. The van der Waals surface area contributed by atoms with Crippen LogP contribution < -0.4 is 5.32 Å². The summed E-state index contributed by atoms with van der Waals surface area (Å²) in [5.41, 5.74) is 5.40. The molecule has 0 saturated carbocycles. The lowest BCUT2D eigenvalue weighted by Crippen LogP contribution is -2.49. The number of piperazine rings is 1. The lowest BCUT2D eigenvalue weighted by atomic mass is 9.95. The minimum Gasteiger partial charge on any atom is -0.336 e. The van der Waals surface area contributed by atoms with E-state index in [1.807, 2.05) is 35.2 Å². The van der Waals surface area contributed by atoms with Gasteiger partial charge in [-0.2, -0.15) is 0 Å². The van der Waals surface area contributed by atoms with Gasteiger partial charge in [0.05, 0.1) is 18.0 Å². The van der Waals surface area contributed by atoms with Gasteiger partial charge in [-0.25, -0.2) is 14.4 Å². The molecule has 4 aromatic rings. The third-order valence-electron chi connectivity index (χ3n) is 8.49. The third-order valence-corrected chi connectivity index (χ3v) is 8.73. The number of amides is 1. The van der Waals surface area contributed by atoms with Gasteiger partial charge < -0.3 is 15.1 Å². The van der Waals surface area contributed by atoms with Gasteiger partial charge in [-0.3, -0.25) is 14.7 Å². The van der Waals surface area contributed by atoms with Crippen molar-refractivity contribution in [3.8, 4) is 11.3 Å². The minimum atomic E-state index is -0.350. The number of halogens is 2. The van der Waals surface area contributed by atoms with E-state index in [9.17, 15) is 9.18 Å². The van der Waals surface area contributed by atoms with E-state index >= 15 is 0 Å². The summed E-state index contributed by atoms with van der Waals surface area (Å²) in [7, 11) is 2.15. The van der Waals surface area contributed by atoms with Crippen molar-refractivity contribution in [3.05, 3.63) is 106 Å². The van der Waals surface area contributed by atoms with Crippen LogP contribution in [-0.4, -0.2) is 89.1 Å². The maximum Gasteiger partial charge on any atom is 0.253 e. The first-order valence-electron chi connectivity index (χ1n) is 15.4. The van der Waals surface area contributed by atoms with E-state index < -0.39 is 0 Å². The molecule has 0 spiro atoms. The molecule has 3 heterocycles. The van der Waals surface area contributed by atoms with Crippen LogP contribution in [0.5, 0.6) is 0 Å². The molecule has 10 heteroatoms. The first-order valence-corrected chi connectivity index (χ1v) is 15.8. The van der Waals surface area contributed by atoms with E-state index in [1.165, 1.54) is 6.07 Å². The van der Waals surface area contributed by atoms with E-state index in [0.717, 1.165) is 69.0 Å². The van der Waals surface area contributed by atoms with Crippen molar-refractivity contribution >= 4 is 34.9 Å². The summed E-state index contributed by atoms with van der Waals surface area (Å²) in [5, 5.41) is 3.80. The van der Waals surface area contributed by atoms with E-state index in [1.54, 1.807) is 36.5 Å². The summed E-state index contributed by atoms with van der Waals surface area (Å²) in [6.07, 6.45) is 2.89. The second-order valence-electron chi connectivity index (χ2n) is 11.5. The summed E-state index contributed by atoms with van der Waals surface area (Å²) < 4.78 is 14.8. The molecule has 8 nitrogen and oxygen atoms in total. The minimum absolute atomic E-state index is 0.0501. The smallest absolute Gasteiger partial charge is 0.253 e. The van der Waals surface area contributed by atoms with Crippen molar-refractivity contribution in [3.63, 3.8) is 0 Å². The van der Waals surface area contributed by atoms with Crippen LogP contribution in [0.25, 0.3) is 11.3 Å². The van der Waals surface area contributed by atoms with Crippen LogP contribution in [0.3, 0.4) is 0 Å². The van der Waals surface area contributed by atoms with Gasteiger partial charge in [-0.1, -0.05) is 36.7 Å². The number of carbonyl (C=O) groups is 1. The number of nitrogens with zero attached hydrogens (tertiary/aromatic N) is 6. The van der Waals surface area contributed by atoms with E-state index in [4.69, 9.17) is 21.6 Å². The molecule has 0 unspecified atom stereocenters. The van der Waals surface area contributed by atoms with Crippen molar-refractivity contribution < 1.29 is 9.18 Å². The summed E-state index contributed by atoms with van der Waals surface area (Å²) in [5.74, 6) is 0.107. The largest absolute Gasteiger partial charge is 0.336 e. The highest BCUT2D eigenvalue weighted by atomic mass is 35.5. The Labute approximate surface area is 268 Å². The highest BCUT2D eigenvalue weighted by Gasteiger charge is 2.24. The maximum atomic E-state index is 14.8. The molecule has 0 atom stereocenters. The van der Waals surface area contributed by atoms with Crippen LogP contribution in [0.1, 0.15) is 40.4 Å². The van der Waals surface area contributed by atoms with Crippen LogP contribution in [0.15, 0.2) is 77.9 Å². The zero-order chi connectivity index (χ0) is 31.3. The predicted molar refractivity (Wildman–Crippen MR) is 178 cm³/mol. The molecule has 1 amide bonds. The van der Waals surface area contributed by atoms with Gasteiger partial charge in [0, 0.05) is 70.9 Å². The number of anilines is 2. The quantitative estimate of drug-likeness (QED) is 0.241. The highest BCUT2D eigenvalue weighted by Crippen LogP contribution is 2.34. The first kappa shape index (κ1) is 30.8. The fourth-order valence-electron chi connectivity index (χ4n) is 5.77. The monoisotopic (exact) mass is 625 g/mol. The molecule has 1 fully saturated rings. The Morgan fingerprint density at radius 2 is 1.78 bits per heavy atom. The van der Waals surface area contributed by atoms with Crippen molar-refractivity contribution in [1.82, 2.24) is 24.7 Å². The van der Waals surface area contributed by atoms with Crippen molar-refractivity contribution in [2.45, 2.75) is 19.9 Å². The molecule has 232 valence electrons. The molecule has 0 radical (unpaired) electrons. The SMILES string of the molecule is CCN(C)CCCN1CCN(C(=O)c2ccc(Nc3ncc4c(n3)-c3ccc(Cl)cc3C(c3ccccc3F)=NC4)cc2)CC1. The number of benzene rings is 3. The molecule has 1 N–H and O–H groups in total. The van der Waals surface area contributed by atoms with Crippen molar-refractivity contribution in [1.29, 1.82) is 0 Å². The van der Waals surface area contributed by atoms with Crippen LogP contribution >= 0.6 is 11.6 Å². The molecule has 2 aliphatic heterocycles. The zero-order valence-corrected chi connectivity index (χ0v) is 26.4. The number of nitrogens with one attached hydrogen (secondary N) is 1. The van der Waals surface area contributed by atoms with E-state index in [-0.39, 0.29) is 11.7 Å². The maximum absolute atomic E-state index is 14.8. The Hall–Kier alpha value is -4.18. The zero-order valence-electron chi connectivity index (χ0n) is 25.6. The molecule has 45 heavy (non-hydrogen) atoms. The molecule has 6 rings (SSSR count). The van der Waals surface area contributed by atoms with Gasteiger partial charge in [0.1, 0.15) is 5.82 Å². The van der Waals surface area contributed by atoms with Crippen molar-refractivity contribution in [2.24, 2.45) is 4.99 Å². The van der Waals surface area contributed by atoms with Gasteiger partial charge in [0.2, 0.25) is 5.95 Å². The fraction of sp³-hybridized carbons (Fsp3) is 0.314. The predicted octanol–water partition coefficient (Wildman–Crippen LogP) is 6.13. The molecular weight excluding hydrogens is 589 g/mol. The summed E-state index contributed by atoms with van der Waals surface area (Å²) in [6, 6.07) is 19.5. The van der Waals surface area contributed by atoms with Gasteiger partial charge in [0.25, 0.3) is 5.91 Å². The van der Waals surface area contributed by atoms with E-state index in [0.29, 0.717) is 45.6 Å². The number of hydrogen-bond donors (Lipinski definition) is 1. The first-order chi connectivity index (χ1) is 21.9. The number of fused-ring (bicyclic) bond motifs is 3. The van der Waals surface area contributed by atoms with E-state index in [2.05, 4.69) is 34.1 Å². The highest BCUT2D eigenvalue weighted by molar-refractivity contribution is 6.31. The Morgan fingerprint density at radius 1 is 1.00 bits per heavy atom. The Kier molecular flexibility index (Phi) is 9.49. The molecule has 0 bridgehead atoms. The van der Waals surface area contributed by atoms with Crippen LogP contribution in [-0.2, 0) is 6.54 Å². The van der Waals surface area contributed by atoms with Crippen LogP contribution in [0, 0.1) is 5.82 Å². The topological polar surface area (TPSA) is 77.0 Å². The lowest BCUT2D eigenvalue weighted by molar-refractivity contribution is 0.0633. The van der Waals surface area contributed by atoms with Gasteiger partial charge in [-0.15, -0.1) is 0 Å². The third kappa shape index (κ3) is 7.06. The molecule has 0 aliphatic carbocycles. The van der Waals surface area contributed by atoms with Gasteiger partial charge in [-0.05, 0) is 81.6 Å². The van der Waals surface area contributed by atoms with Crippen molar-refractivity contribution in [2.75, 3.05) is 58.2 Å². The Morgan fingerprint density at radius 3 is 2.53 bits per heavy atom. The number of hydrogen-bond acceptors (Lipinski definition) is 7. The van der Waals surface area contributed by atoms with Gasteiger partial charge in [0.15, 0.2) is 0 Å². The summed E-state index contributed by atoms with van der Waals surface area (Å²) in [6.45, 7) is 8.98. The molecule has 3 aromatic carbocycles. The molecular formula is C35H37ClFN7O. The Balaban J connectivity index is 1.13. The lowest BCUT2D eigenvalue weighted by Gasteiger charge is -2.35. The Bertz CT molecular complexity index is 1700. The number of aliphatic imine (C=N–C) groups is 1. The second kappa shape index (κ2) is 13.9. The summed E-state index contributed by atoms with van der Waals surface area (Å²) >= 11 is 6.39. The normalized spacial score (nSPS) is 14.9. The second-order valence-corrected chi connectivity index (χ2v) is 11.9. The number of rotatable bonds is 9. The van der Waals surface area contributed by atoms with Crippen LogP contribution in [0.2, 0.25) is 5.02 Å². The average molecular weight is 626 g/mol. The fourth-order valence-corrected chi connectivity index (χ4v) is 5.94. The number of carbonyl (C=O) groups excluding carboxylic acids is 1. The molecule has 1 saturated heterocycles. The molecule has 2 aliphatic rings. The standard InChI is InChI=1S/C35H37ClFN7O/c1-3-42(2)15-6-16-43-17-19-44(20-18-43)34(45)24-9-12-27(13-10-24)40-35-39-23-25-22-38-33(29-7-4-5-8-31(29)37)30-21-26(36)11-14-28(30)32(25)41-35/h4-5,7-14,21,23H,3,6,15-20,22H2,1-2H3,(H,39,40,41). The molecule has 1 aromatic heterocycles. The van der Waals surface area contributed by atoms with Crippen LogP contribution in [0.4, 0.5) is 16.0 Å². The summed E-state index contributed by atoms with van der Waals surface area (Å²) in [4.78, 5) is 34.1. The van der Waals surface area contributed by atoms with Gasteiger partial charge >= 0.3 is 0 Å².